The number of nitrogens with one attached hydrogen (secondary N) is 1. The van der Waals surface area contributed by atoms with Crippen molar-refractivity contribution in [1.29, 1.82) is 0 Å². The number of carbonyl (C=O) groups is 2. The molecular formula is C16H18N4O3. The van der Waals surface area contributed by atoms with Gasteiger partial charge in [0, 0.05) is 24.9 Å². The molecule has 0 spiro atoms. The number of hydrogen-bond acceptors (Lipinski definition) is 4. The normalized spacial score (nSPS) is 16.6. The molecule has 1 aliphatic rings. The number of primary amides is 1. The number of fused-ring (bicyclic) bond motifs is 1. The predicted molar refractivity (Wildman–Crippen MR) is 84.2 cm³/mol. The van der Waals surface area contributed by atoms with Crippen molar-refractivity contribution in [2.45, 2.75) is 19.3 Å². The average Bonchev–Trinajstić information content (AvgIpc) is 2.79. The Labute approximate surface area is 133 Å². The van der Waals surface area contributed by atoms with Gasteiger partial charge in [-0.15, -0.1) is 0 Å². The maximum Gasteiger partial charge on any atom is 0.255 e. The zero-order chi connectivity index (χ0) is 16.6. The van der Waals surface area contributed by atoms with E-state index in [4.69, 9.17) is 10.5 Å². The van der Waals surface area contributed by atoms with Gasteiger partial charge in [-0.3, -0.25) is 14.3 Å². The second-order valence-electron chi connectivity index (χ2n) is 5.60. The molecule has 0 aliphatic carbocycles. The lowest BCUT2D eigenvalue weighted by Crippen LogP contribution is -2.24. The standard InChI is InChI=1S/C16H18N4O3/c1-9-15-12(7-14(22)18-16(15)20(2)19-9)10-4-3-5-11(6-10)23-8-13(17)21/h3-6,12H,7-8H2,1-2H3,(H2,17,21)(H,18,22)/t12-/m1/s1. The van der Waals surface area contributed by atoms with Gasteiger partial charge < -0.3 is 15.8 Å². The Hall–Kier alpha value is -2.83. The summed E-state index contributed by atoms with van der Waals surface area (Å²) in [6, 6.07) is 7.37. The number of benzene rings is 1. The van der Waals surface area contributed by atoms with Crippen molar-refractivity contribution in [3.05, 3.63) is 41.1 Å². The molecule has 0 fully saturated rings. The lowest BCUT2D eigenvalue weighted by atomic mass is 9.86. The first-order valence-electron chi connectivity index (χ1n) is 7.30. The van der Waals surface area contributed by atoms with E-state index in [1.807, 2.05) is 25.1 Å². The number of aromatic nitrogens is 2. The van der Waals surface area contributed by atoms with Crippen LogP contribution in [-0.2, 0) is 16.6 Å². The molecule has 2 aromatic rings. The Balaban J connectivity index is 1.97. The fourth-order valence-corrected chi connectivity index (χ4v) is 2.97. The van der Waals surface area contributed by atoms with Crippen LogP contribution in [0.2, 0.25) is 0 Å². The fraction of sp³-hybridized carbons (Fsp3) is 0.312. The maximum atomic E-state index is 12.0. The first-order valence-corrected chi connectivity index (χ1v) is 7.30. The Morgan fingerprint density at radius 3 is 3.04 bits per heavy atom. The van der Waals surface area contributed by atoms with Gasteiger partial charge in [0.05, 0.1) is 5.69 Å². The second kappa shape index (κ2) is 5.75. The molecule has 3 N–H and O–H groups in total. The molecule has 2 heterocycles. The summed E-state index contributed by atoms with van der Waals surface area (Å²) in [5.74, 6) is 0.610. The van der Waals surface area contributed by atoms with E-state index in [0.29, 0.717) is 12.2 Å². The van der Waals surface area contributed by atoms with Crippen LogP contribution in [0.1, 0.15) is 29.2 Å². The highest BCUT2D eigenvalue weighted by Gasteiger charge is 2.31. The Morgan fingerprint density at radius 1 is 1.52 bits per heavy atom. The molecule has 7 nitrogen and oxygen atoms in total. The van der Waals surface area contributed by atoms with Gasteiger partial charge in [-0.05, 0) is 24.6 Å². The van der Waals surface area contributed by atoms with E-state index in [1.165, 1.54) is 0 Å². The van der Waals surface area contributed by atoms with E-state index in [-0.39, 0.29) is 18.4 Å². The van der Waals surface area contributed by atoms with E-state index < -0.39 is 5.91 Å². The molecule has 2 amide bonds. The molecule has 0 saturated carbocycles. The van der Waals surface area contributed by atoms with Crippen LogP contribution in [0.5, 0.6) is 5.75 Å². The number of carbonyl (C=O) groups excluding carboxylic acids is 2. The first kappa shape index (κ1) is 15.1. The first-order chi connectivity index (χ1) is 11.0. The SMILES string of the molecule is Cc1nn(C)c2c1[C@@H](c1cccc(OCC(N)=O)c1)CC(=O)N2. The fourth-order valence-electron chi connectivity index (χ4n) is 2.97. The van der Waals surface area contributed by atoms with E-state index >= 15 is 0 Å². The van der Waals surface area contributed by atoms with E-state index in [0.717, 1.165) is 22.6 Å². The number of nitrogens with two attached hydrogens (primary N) is 1. The number of nitrogens with zero attached hydrogens (tertiary/aromatic N) is 2. The third-order valence-corrected chi connectivity index (χ3v) is 3.91. The minimum absolute atomic E-state index is 0.0473. The molecule has 23 heavy (non-hydrogen) atoms. The number of amides is 2. The number of ether oxygens (including phenoxy) is 1. The predicted octanol–water partition coefficient (Wildman–Crippen LogP) is 1.07. The molecule has 0 saturated heterocycles. The van der Waals surface area contributed by atoms with Crippen molar-refractivity contribution in [1.82, 2.24) is 9.78 Å². The van der Waals surface area contributed by atoms with Gasteiger partial charge in [0.25, 0.3) is 5.91 Å². The van der Waals surface area contributed by atoms with Gasteiger partial charge in [-0.2, -0.15) is 5.10 Å². The van der Waals surface area contributed by atoms with Crippen LogP contribution >= 0.6 is 0 Å². The summed E-state index contributed by atoms with van der Waals surface area (Å²) >= 11 is 0. The molecule has 7 heteroatoms. The average molecular weight is 314 g/mol. The quantitative estimate of drug-likeness (QED) is 0.881. The number of rotatable bonds is 4. The molecule has 0 unspecified atom stereocenters. The lowest BCUT2D eigenvalue weighted by Gasteiger charge is -2.24. The summed E-state index contributed by atoms with van der Waals surface area (Å²) in [6.07, 6.45) is 0.346. The highest BCUT2D eigenvalue weighted by molar-refractivity contribution is 5.94. The van der Waals surface area contributed by atoms with Crippen LogP contribution < -0.4 is 15.8 Å². The molecule has 0 bridgehead atoms. The minimum Gasteiger partial charge on any atom is -0.484 e. The maximum absolute atomic E-state index is 12.0. The van der Waals surface area contributed by atoms with Gasteiger partial charge in [0.15, 0.2) is 6.61 Å². The van der Waals surface area contributed by atoms with Crippen LogP contribution in [-0.4, -0.2) is 28.2 Å². The molecular weight excluding hydrogens is 296 g/mol. The van der Waals surface area contributed by atoms with Crippen molar-refractivity contribution in [2.24, 2.45) is 12.8 Å². The zero-order valence-corrected chi connectivity index (χ0v) is 13.0. The molecule has 1 atom stereocenters. The van der Waals surface area contributed by atoms with E-state index in [9.17, 15) is 9.59 Å². The number of hydrogen-bond donors (Lipinski definition) is 2. The molecule has 1 aromatic carbocycles. The van der Waals surface area contributed by atoms with Gasteiger partial charge in [-0.1, -0.05) is 12.1 Å². The Morgan fingerprint density at radius 2 is 2.30 bits per heavy atom. The van der Waals surface area contributed by atoms with Crippen LogP contribution in [0.3, 0.4) is 0 Å². The third kappa shape index (κ3) is 2.90. The summed E-state index contributed by atoms with van der Waals surface area (Å²) in [5.41, 5.74) is 7.94. The van der Waals surface area contributed by atoms with Crippen LogP contribution in [0, 0.1) is 6.92 Å². The van der Waals surface area contributed by atoms with Crippen LogP contribution in [0.4, 0.5) is 5.82 Å². The zero-order valence-electron chi connectivity index (χ0n) is 13.0. The van der Waals surface area contributed by atoms with Crippen LogP contribution in [0.25, 0.3) is 0 Å². The van der Waals surface area contributed by atoms with Gasteiger partial charge in [-0.25, -0.2) is 0 Å². The lowest BCUT2D eigenvalue weighted by molar-refractivity contribution is -0.120. The van der Waals surface area contributed by atoms with Crippen molar-refractivity contribution in [2.75, 3.05) is 11.9 Å². The third-order valence-electron chi connectivity index (χ3n) is 3.91. The molecule has 1 aromatic heterocycles. The summed E-state index contributed by atoms with van der Waals surface area (Å²) in [5, 5.41) is 7.27. The molecule has 1 aliphatic heterocycles. The Kier molecular flexibility index (Phi) is 3.77. The van der Waals surface area contributed by atoms with Gasteiger partial charge in [0.2, 0.25) is 5.91 Å². The molecule has 120 valence electrons. The smallest absolute Gasteiger partial charge is 0.255 e. The highest BCUT2D eigenvalue weighted by atomic mass is 16.5. The van der Waals surface area contributed by atoms with Crippen molar-refractivity contribution >= 4 is 17.6 Å². The minimum atomic E-state index is -0.530. The molecule has 0 radical (unpaired) electrons. The molecule has 3 rings (SSSR count). The highest BCUT2D eigenvalue weighted by Crippen LogP contribution is 2.39. The Bertz CT molecular complexity index is 782. The summed E-state index contributed by atoms with van der Waals surface area (Å²) in [6.45, 7) is 1.75. The number of anilines is 1. The number of aryl methyl sites for hydroxylation is 2. The van der Waals surface area contributed by atoms with E-state index in [2.05, 4.69) is 10.4 Å². The van der Waals surface area contributed by atoms with Gasteiger partial charge in [0.1, 0.15) is 11.6 Å². The summed E-state index contributed by atoms with van der Waals surface area (Å²) < 4.78 is 7.04. The van der Waals surface area contributed by atoms with E-state index in [1.54, 1.807) is 17.8 Å². The summed E-state index contributed by atoms with van der Waals surface area (Å²) in [7, 11) is 1.81. The monoisotopic (exact) mass is 314 g/mol. The largest absolute Gasteiger partial charge is 0.484 e. The second-order valence-corrected chi connectivity index (χ2v) is 5.60. The van der Waals surface area contributed by atoms with Crippen molar-refractivity contribution in [3.8, 4) is 5.75 Å². The summed E-state index contributed by atoms with van der Waals surface area (Å²) in [4.78, 5) is 22.9. The van der Waals surface area contributed by atoms with Crippen molar-refractivity contribution in [3.63, 3.8) is 0 Å². The van der Waals surface area contributed by atoms with Gasteiger partial charge >= 0.3 is 0 Å². The van der Waals surface area contributed by atoms with Crippen molar-refractivity contribution < 1.29 is 14.3 Å². The van der Waals surface area contributed by atoms with Crippen LogP contribution in [0.15, 0.2) is 24.3 Å². The topological polar surface area (TPSA) is 99.2 Å².